The lowest BCUT2D eigenvalue weighted by molar-refractivity contribution is -0.253. The first-order valence-corrected chi connectivity index (χ1v) is 12.7. The SMILES string of the molecule is C[C@@H]1CC[C@H]2C(C)(C)CCC[C@]2(C)[C@@]1(O)[C@H](O)c1cc2c(cc1OCc1ccccc1)OCO2. The van der Waals surface area contributed by atoms with E-state index < -0.39 is 17.1 Å². The monoisotopic (exact) mass is 466 g/mol. The van der Waals surface area contributed by atoms with Gasteiger partial charge in [-0.05, 0) is 54.6 Å². The van der Waals surface area contributed by atoms with E-state index in [1.54, 1.807) is 12.1 Å². The van der Waals surface area contributed by atoms with E-state index in [1.165, 1.54) is 0 Å². The molecule has 2 N–H and O–H groups in total. The Kier molecular flexibility index (Phi) is 5.84. The molecular weight excluding hydrogens is 428 g/mol. The van der Waals surface area contributed by atoms with Gasteiger partial charge in [0.05, 0.1) is 0 Å². The van der Waals surface area contributed by atoms with E-state index in [0.29, 0.717) is 35.3 Å². The van der Waals surface area contributed by atoms with Crippen LogP contribution in [0.4, 0.5) is 0 Å². The van der Waals surface area contributed by atoms with Gasteiger partial charge in [-0.1, -0.05) is 64.4 Å². The average molecular weight is 467 g/mol. The Morgan fingerprint density at radius 3 is 2.47 bits per heavy atom. The van der Waals surface area contributed by atoms with E-state index >= 15 is 0 Å². The van der Waals surface area contributed by atoms with Gasteiger partial charge in [0.25, 0.3) is 0 Å². The van der Waals surface area contributed by atoms with Crippen LogP contribution in [0.15, 0.2) is 42.5 Å². The molecule has 3 aliphatic rings. The fraction of sp³-hybridized carbons (Fsp3) is 0.586. The van der Waals surface area contributed by atoms with Gasteiger partial charge in [0.2, 0.25) is 6.79 Å². The van der Waals surface area contributed by atoms with E-state index in [9.17, 15) is 10.2 Å². The molecule has 2 saturated carbocycles. The summed E-state index contributed by atoms with van der Waals surface area (Å²) in [5, 5.41) is 24.6. The number of rotatable bonds is 5. The Hall–Kier alpha value is -2.24. The smallest absolute Gasteiger partial charge is 0.231 e. The van der Waals surface area contributed by atoms with Crippen molar-refractivity contribution in [2.24, 2.45) is 22.7 Å². The molecule has 0 spiro atoms. The molecule has 0 amide bonds. The zero-order valence-electron chi connectivity index (χ0n) is 20.8. The number of aliphatic hydroxyl groups is 2. The molecule has 0 unspecified atom stereocenters. The number of fused-ring (bicyclic) bond motifs is 2. The van der Waals surface area contributed by atoms with E-state index in [1.807, 2.05) is 30.3 Å². The maximum Gasteiger partial charge on any atom is 0.231 e. The Balaban J connectivity index is 1.55. The topological polar surface area (TPSA) is 68.2 Å². The van der Waals surface area contributed by atoms with Gasteiger partial charge in [0.1, 0.15) is 24.1 Å². The molecular formula is C29H38O5. The molecule has 0 radical (unpaired) electrons. The predicted octanol–water partition coefficient (Wildman–Crippen LogP) is 6.02. The molecule has 2 aromatic rings. The number of aliphatic hydroxyl groups excluding tert-OH is 1. The molecule has 2 aromatic carbocycles. The molecule has 5 atom stereocenters. The minimum Gasteiger partial charge on any atom is -0.488 e. The Bertz CT molecular complexity index is 1030. The van der Waals surface area contributed by atoms with Gasteiger partial charge in [0.15, 0.2) is 11.5 Å². The molecule has 184 valence electrons. The number of benzene rings is 2. The van der Waals surface area contributed by atoms with Gasteiger partial charge in [0, 0.05) is 17.0 Å². The molecule has 0 aromatic heterocycles. The quantitative estimate of drug-likeness (QED) is 0.564. The fourth-order valence-electron chi connectivity index (χ4n) is 7.34. The number of ether oxygens (including phenoxy) is 3. The van der Waals surface area contributed by atoms with Crippen molar-refractivity contribution < 1.29 is 24.4 Å². The summed E-state index contributed by atoms with van der Waals surface area (Å²) in [6.45, 7) is 9.45. The normalized spacial score (nSPS) is 32.6. The van der Waals surface area contributed by atoms with Gasteiger partial charge >= 0.3 is 0 Å². The van der Waals surface area contributed by atoms with Crippen LogP contribution in [-0.4, -0.2) is 22.6 Å². The maximum atomic E-state index is 12.5. The minimum absolute atomic E-state index is 0.0509. The minimum atomic E-state index is -1.29. The molecule has 1 aliphatic heterocycles. The maximum absolute atomic E-state index is 12.5. The molecule has 2 aliphatic carbocycles. The molecule has 0 bridgehead atoms. The lowest BCUT2D eigenvalue weighted by Gasteiger charge is -2.64. The van der Waals surface area contributed by atoms with E-state index in [2.05, 4.69) is 27.7 Å². The fourth-order valence-corrected chi connectivity index (χ4v) is 7.34. The predicted molar refractivity (Wildman–Crippen MR) is 131 cm³/mol. The Labute approximate surface area is 203 Å². The second kappa shape index (κ2) is 8.46. The Morgan fingerprint density at radius 1 is 1.03 bits per heavy atom. The standard InChI is InChI=1S/C29H38O5/c1-19-11-12-25-27(2,3)13-8-14-28(25,4)29(19,31)26(30)21-15-23-24(34-18-33-23)16-22(21)32-17-20-9-6-5-7-10-20/h5-7,9-10,15-16,19,25-26,30-31H,8,11-14,17-18H2,1-4H3/t19-,25+,26-,28+,29+/m1/s1. The zero-order valence-corrected chi connectivity index (χ0v) is 20.8. The molecule has 5 rings (SSSR count). The summed E-state index contributed by atoms with van der Waals surface area (Å²) in [4.78, 5) is 0. The largest absolute Gasteiger partial charge is 0.488 e. The van der Waals surface area contributed by atoms with Crippen molar-refractivity contribution >= 4 is 0 Å². The van der Waals surface area contributed by atoms with E-state index in [-0.39, 0.29) is 18.1 Å². The van der Waals surface area contributed by atoms with Gasteiger partial charge in [-0.2, -0.15) is 0 Å². The molecule has 5 heteroatoms. The summed E-state index contributed by atoms with van der Waals surface area (Å²) >= 11 is 0. The van der Waals surface area contributed by atoms with Crippen molar-refractivity contribution in [3.8, 4) is 17.2 Å². The van der Waals surface area contributed by atoms with Crippen LogP contribution >= 0.6 is 0 Å². The third kappa shape index (κ3) is 3.59. The van der Waals surface area contributed by atoms with Crippen LogP contribution < -0.4 is 14.2 Å². The van der Waals surface area contributed by atoms with Gasteiger partial charge in [-0.3, -0.25) is 0 Å². The average Bonchev–Trinajstić information content (AvgIpc) is 3.27. The van der Waals surface area contributed by atoms with Crippen molar-refractivity contribution in [1.82, 2.24) is 0 Å². The number of hydrogen-bond acceptors (Lipinski definition) is 5. The van der Waals surface area contributed by atoms with Crippen molar-refractivity contribution in [3.05, 3.63) is 53.6 Å². The lowest BCUT2D eigenvalue weighted by Crippen LogP contribution is -2.64. The summed E-state index contributed by atoms with van der Waals surface area (Å²) in [5.74, 6) is 2.00. The summed E-state index contributed by atoms with van der Waals surface area (Å²) in [6.07, 6.45) is 3.98. The lowest BCUT2D eigenvalue weighted by atomic mass is 9.43. The second-order valence-electron chi connectivity index (χ2n) is 11.5. The first-order valence-electron chi connectivity index (χ1n) is 12.7. The van der Waals surface area contributed by atoms with Crippen molar-refractivity contribution in [2.45, 2.75) is 78.1 Å². The Morgan fingerprint density at radius 2 is 1.74 bits per heavy atom. The van der Waals surface area contributed by atoms with Gasteiger partial charge in [-0.25, -0.2) is 0 Å². The third-order valence-corrected chi connectivity index (χ3v) is 9.24. The van der Waals surface area contributed by atoms with Crippen molar-refractivity contribution in [1.29, 1.82) is 0 Å². The van der Waals surface area contributed by atoms with Crippen molar-refractivity contribution in [3.63, 3.8) is 0 Å². The summed E-state index contributed by atoms with van der Waals surface area (Å²) in [5.41, 5.74) is 0.0409. The first-order chi connectivity index (χ1) is 16.2. The van der Waals surface area contributed by atoms with Crippen LogP contribution in [0.1, 0.15) is 77.0 Å². The molecule has 5 nitrogen and oxygen atoms in total. The summed E-state index contributed by atoms with van der Waals surface area (Å²) in [6, 6.07) is 13.6. The second-order valence-corrected chi connectivity index (χ2v) is 11.5. The van der Waals surface area contributed by atoms with Gasteiger partial charge < -0.3 is 24.4 Å². The van der Waals surface area contributed by atoms with Crippen LogP contribution in [0, 0.1) is 22.7 Å². The van der Waals surface area contributed by atoms with Gasteiger partial charge in [-0.15, -0.1) is 0 Å². The highest BCUT2D eigenvalue weighted by Gasteiger charge is 2.64. The molecule has 34 heavy (non-hydrogen) atoms. The van der Waals surface area contributed by atoms with Crippen LogP contribution in [0.2, 0.25) is 0 Å². The summed E-state index contributed by atoms with van der Waals surface area (Å²) < 4.78 is 17.5. The molecule has 2 fully saturated rings. The zero-order chi connectivity index (χ0) is 24.1. The van der Waals surface area contributed by atoms with Crippen molar-refractivity contribution in [2.75, 3.05) is 6.79 Å². The third-order valence-electron chi connectivity index (χ3n) is 9.24. The highest BCUT2D eigenvalue weighted by molar-refractivity contribution is 5.53. The molecule has 1 heterocycles. The highest BCUT2D eigenvalue weighted by Crippen LogP contribution is 2.65. The van der Waals surface area contributed by atoms with Crippen LogP contribution in [0.3, 0.4) is 0 Å². The van der Waals surface area contributed by atoms with Crippen LogP contribution in [0.5, 0.6) is 17.2 Å². The van der Waals surface area contributed by atoms with Crippen LogP contribution in [-0.2, 0) is 6.61 Å². The summed E-state index contributed by atoms with van der Waals surface area (Å²) in [7, 11) is 0. The first kappa shape index (κ1) is 23.5. The highest BCUT2D eigenvalue weighted by atomic mass is 16.7. The van der Waals surface area contributed by atoms with E-state index in [0.717, 1.165) is 37.7 Å². The van der Waals surface area contributed by atoms with Crippen LogP contribution in [0.25, 0.3) is 0 Å². The van der Waals surface area contributed by atoms with E-state index in [4.69, 9.17) is 14.2 Å². The molecule has 0 saturated heterocycles. The number of hydrogen-bond donors (Lipinski definition) is 2.